The Bertz CT molecular complexity index is 919. The molecule has 0 aromatic heterocycles. The molecule has 0 aliphatic carbocycles. The van der Waals surface area contributed by atoms with Gasteiger partial charge in [0.05, 0.1) is 0 Å². The van der Waals surface area contributed by atoms with Crippen LogP contribution in [0.3, 0.4) is 0 Å². The van der Waals surface area contributed by atoms with Gasteiger partial charge in [-0.3, -0.25) is 0 Å². The van der Waals surface area contributed by atoms with Crippen LogP contribution >= 0.6 is 7.92 Å². The van der Waals surface area contributed by atoms with Crippen LogP contribution in [-0.4, -0.2) is 0 Å². The standard InChI is InChI=1S/C36H51P/c1-4-7-10-15-22-31-29-32(23-16-11-8-5-2)36(33(30-31)24-17-12-9-6-3)37(34-25-18-13-19-26-34)35-27-20-14-21-28-35/h13-14,18-21,25-30H,4-12,15-17,22-24H2,1-3H3. The number of rotatable bonds is 18. The van der Waals surface area contributed by atoms with Gasteiger partial charge in [-0.05, 0) is 79.1 Å². The lowest BCUT2D eigenvalue weighted by molar-refractivity contribution is 0.657. The summed E-state index contributed by atoms with van der Waals surface area (Å²) in [5, 5.41) is 4.66. The molecule has 0 fully saturated rings. The lowest BCUT2D eigenvalue weighted by Crippen LogP contribution is -2.27. The maximum absolute atomic E-state index is 2.63. The minimum Gasteiger partial charge on any atom is -0.0654 e. The highest BCUT2D eigenvalue weighted by Gasteiger charge is 2.23. The van der Waals surface area contributed by atoms with Gasteiger partial charge in [-0.25, -0.2) is 0 Å². The molecule has 0 saturated heterocycles. The first-order chi connectivity index (χ1) is 18.3. The SMILES string of the molecule is CCCCCCc1cc(CCCCCC)c(P(c2ccccc2)c2ccccc2)c(CCCCCC)c1. The third-order valence-corrected chi connectivity index (χ3v) is 10.1. The van der Waals surface area contributed by atoms with Crippen LogP contribution in [0, 0.1) is 0 Å². The zero-order chi connectivity index (χ0) is 26.1. The molecule has 200 valence electrons. The molecule has 0 heterocycles. The summed E-state index contributed by atoms with van der Waals surface area (Å²) in [6.07, 6.45) is 19.6. The molecule has 0 aliphatic heterocycles. The Hall–Kier alpha value is -1.91. The third-order valence-electron chi connectivity index (χ3n) is 7.50. The minimum atomic E-state index is -0.567. The van der Waals surface area contributed by atoms with Crippen molar-refractivity contribution in [3.63, 3.8) is 0 Å². The fraction of sp³-hybridized carbons (Fsp3) is 0.500. The maximum atomic E-state index is 2.63. The first kappa shape index (κ1) is 29.6. The van der Waals surface area contributed by atoms with Crippen molar-refractivity contribution in [2.24, 2.45) is 0 Å². The maximum Gasteiger partial charge on any atom is -0.00868 e. The first-order valence-electron chi connectivity index (χ1n) is 15.3. The van der Waals surface area contributed by atoms with Crippen LogP contribution in [0.15, 0.2) is 72.8 Å². The second-order valence-electron chi connectivity index (χ2n) is 10.7. The van der Waals surface area contributed by atoms with Gasteiger partial charge in [0.15, 0.2) is 0 Å². The van der Waals surface area contributed by atoms with Gasteiger partial charge in [0.25, 0.3) is 0 Å². The van der Waals surface area contributed by atoms with E-state index in [1.165, 1.54) is 107 Å². The van der Waals surface area contributed by atoms with E-state index >= 15 is 0 Å². The summed E-state index contributed by atoms with van der Waals surface area (Å²) < 4.78 is 0. The largest absolute Gasteiger partial charge is 0.0654 e. The van der Waals surface area contributed by atoms with Gasteiger partial charge in [0, 0.05) is 0 Å². The molecule has 0 amide bonds. The number of benzene rings is 3. The third kappa shape index (κ3) is 9.72. The Labute approximate surface area is 230 Å². The minimum absolute atomic E-state index is 0.567. The lowest BCUT2D eigenvalue weighted by atomic mass is 9.95. The molecule has 0 nitrogen and oxygen atoms in total. The summed E-state index contributed by atoms with van der Waals surface area (Å²) in [4.78, 5) is 0. The van der Waals surface area contributed by atoms with Crippen LogP contribution in [0.1, 0.15) is 115 Å². The monoisotopic (exact) mass is 514 g/mol. The van der Waals surface area contributed by atoms with Crippen molar-refractivity contribution in [1.29, 1.82) is 0 Å². The molecule has 0 atom stereocenters. The predicted molar refractivity (Wildman–Crippen MR) is 169 cm³/mol. The van der Waals surface area contributed by atoms with Gasteiger partial charge in [-0.1, -0.05) is 151 Å². The van der Waals surface area contributed by atoms with Crippen molar-refractivity contribution in [1.82, 2.24) is 0 Å². The van der Waals surface area contributed by atoms with Crippen LogP contribution in [0.4, 0.5) is 0 Å². The molecule has 37 heavy (non-hydrogen) atoms. The second kappa shape index (κ2) is 17.6. The Balaban J connectivity index is 2.09. The Morgan fingerprint density at radius 1 is 0.459 bits per heavy atom. The van der Waals surface area contributed by atoms with Gasteiger partial charge in [0.2, 0.25) is 0 Å². The normalized spacial score (nSPS) is 11.4. The van der Waals surface area contributed by atoms with Gasteiger partial charge in [-0.15, -0.1) is 0 Å². The van der Waals surface area contributed by atoms with Crippen molar-refractivity contribution < 1.29 is 0 Å². The van der Waals surface area contributed by atoms with E-state index in [1.54, 1.807) is 22.0 Å². The van der Waals surface area contributed by atoms with E-state index in [-0.39, 0.29) is 0 Å². The lowest BCUT2D eigenvalue weighted by Gasteiger charge is -2.27. The smallest absolute Gasteiger partial charge is 0.00868 e. The first-order valence-corrected chi connectivity index (χ1v) is 16.7. The van der Waals surface area contributed by atoms with E-state index in [9.17, 15) is 0 Å². The molecule has 0 spiro atoms. The molecule has 1 heteroatoms. The molecule has 0 radical (unpaired) electrons. The summed E-state index contributed by atoms with van der Waals surface area (Å²) >= 11 is 0. The Kier molecular flexibility index (Phi) is 14.1. The van der Waals surface area contributed by atoms with E-state index < -0.39 is 7.92 Å². The average Bonchev–Trinajstić information content (AvgIpc) is 2.94. The summed E-state index contributed by atoms with van der Waals surface area (Å²) in [5.41, 5.74) is 4.88. The molecular weight excluding hydrogens is 463 g/mol. The van der Waals surface area contributed by atoms with Crippen molar-refractivity contribution in [2.75, 3.05) is 0 Å². The van der Waals surface area contributed by atoms with Gasteiger partial charge < -0.3 is 0 Å². The molecule has 0 unspecified atom stereocenters. The van der Waals surface area contributed by atoms with E-state index in [2.05, 4.69) is 93.6 Å². The number of unbranched alkanes of at least 4 members (excludes halogenated alkanes) is 9. The zero-order valence-corrected chi connectivity index (χ0v) is 24.9. The summed E-state index contributed by atoms with van der Waals surface area (Å²) in [5.74, 6) is 0. The Morgan fingerprint density at radius 2 is 0.865 bits per heavy atom. The zero-order valence-electron chi connectivity index (χ0n) is 24.0. The van der Waals surface area contributed by atoms with Gasteiger partial charge in [0.1, 0.15) is 0 Å². The van der Waals surface area contributed by atoms with Crippen LogP contribution in [0.25, 0.3) is 0 Å². The van der Waals surface area contributed by atoms with E-state index in [4.69, 9.17) is 0 Å². The van der Waals surface area contributed by atoms with E-state index in [1.807, 2.05) is 0 Å². The highest BCUT2D eigenvalue weighted by atomic mass is 31.1. The molecule has 3 aromatic carbocycles. The topological polar surface area (TPSA) is 0 Å². The fourth-order valence-corrected chi connectivity index (χ4v) is 8.13. The predicted octanol–water partition coefficient (Wildman–Crippen LogP) is 9.81. The number of hydrogen-bond donors (Lipinski definition) is 0. The quantitative estimate of drug-likeness (QED) is 0.117. The van der Waals surface area contributed by atoms with E-state index in [0.29, 0.717) is 0 Å². The van der Waals surface area contributed by atoms with Crippen molar-refractivity contribution >= 4 is 23.8 Å². The van der Waals surface area contributed by atoms with Gasteiger partial charge >= 0.3 is 0 Å². The average molecular weight is 515 g/mol. The summed E-state index contributed by atoms with van der Waals surface area (Å²) in [6, 6.07) is 28.0. The van der Waals surface area contributed by atoms with E-state index in [0.717, 1.165) is 0 Å². The van der Waals surface area contributed by atoms with Crippen molar-refractivity contribution in [3.05, 3.63) is 89.5 Å². The molecular formula is C36H51P. The van der Waals surface area contributed by atoms with Crippen molar-refractivity contribution in [2.45, 2.75) is 117 Å². The van der Waals surface area contributed by atoms with Crippen LogP contribution in [0.2, 0.25) is 0 Å². The second-order valence-corrected chi connectivity index (χ2v) is 12.9. The molecule has 3 aromatic rings. The van der Waals surface area contributed by atoms with Crippen LogP contribution in [0.5, 0.6) is 0 Å². The molecule has 0 aliphatic rings. The van der Waals surface area contributed by atoms with Crippen LogP contribution < -0.4 is 15.9 Å². The summed E-state index contributed by atoms with van der Waals surface area (Å²) in [7, 11) is -0.567. The molecule has 0 saturated carbocycles. The molecule has 0 N–H and O–H groups in total. The number of hydrogen-bond acceptors (Lipinski definition) is 0. The fourth-order valence-electron chi connectivity index (χ4n) is 5.45. The highest BCUT2D eigenvalue weighted by Crippen LogP contribution is 2.37. The molecule has 0 bridgehead atoms. The van der Waals surface area contributed by atoms with Crippen molar-refractivity contribution in [3.8, 4) is 0 Å². The number of aryl methyl sites for hydroxylation is 3. The summed E-state index contributed by atoms with van der Waals surface area (Å²) in [6.45, 7) is 6.95. The van der Waals surface area contributed by atoms with Gasteiger partial charge in [-0.2, -0.15) is 0 Å². The molecule has 3 rings (SSSR count). The Morgan fingerprint density at radius 3 is 1.27 bits per heavy atom. The highest BCUT2D eigenvalue weighted by molar-refractivity contribution is 7.80. The van der Waals surface area contributed by atoms with Crippen LogP contribution in [-0.2, 0) is 19.3 Å².